The fourth-order valence-electron chi connectivity index (χ4n) is 1.86. The number of nitrogens with zero attached hydrogens (tertiary/aromatic N) is 6. The summed E-state index contributed by atoms with van der Waals surface area (Å²) in [5, 5.41) is 4.60. The number of aromatic nitrogens is 6. The van der Waals surface area contributed by atoms with Crippen LogP contribution >= 0.6 is 64.8 Å². The second-order valence-electron chi connectivity index (χ2n) is 5.19. The van der Waals surface area contributed by atoms with E-state index >= 15 is 0 Å². The van der Waals surface area contributed by atoms with Crippen LogP contribution in [0.3, 0.4) is 0 Å². The van der Waals surface area contributed by atoms with E-state index in [1.807, 2.05) is 54.6 Å². The first-order valence-corrected chi connectivity index (χ1v) is 14.8. The van der Waals surface area contributed by atoms with Crippen molar-refractivity contribution in [2.24, 2.45) is 0 Å². The lowest BCUT2D eigenvalue weighted by atomic mass is 10.5. The van der Waals surface area contributed by atoms with E-state index in [0.717, 1.165) is 15.1 Å². The second-order valence-corrected chi connectivity index (χ2v) is 11.5. The Bertz CT molecular complexity index is 909. The monoisotopic (exact) mass is 504 g/mol. The van der Waals surface area contributed by atoms with Gasteiger partial charge in [0.25, 0.3) is 0 Å². The van der Waals surface area contributed by atoms with Crippen LogP contribution in [0.2, 0.25) is 0 Å². The van der Waals surface area contributed by atoms with E-state index in [1.54, 1.807) is 18.6 Å². The molecule has 0 aliphatic carbocycles. The van der Waals surface area contributed by atoms with E-state index in [0.29, 0.717) is 15.5 Å². The van der Waals surface area contributed by atoms with Gasteiger partial charge < -0.3 is 0 Å². The maximum atomic E-state index is 4.59. The van der Waals surface area contributed by atoms with Crippen LogP contribution in [0.1, 0.15) is 0 Å². The van der Waals surface area contributed by atoms with Gasteiger partial charge in [-0.1, -0.05) is 18.2 Å². The molecule has 4 aromatic heterocycles. The van der Waals surface area contributed by atoms with Crippen molar-refractivity contribution in [2.75, 3.05) is 0 Å². The SMILES string of the molecule is c1ccc(SSc2nc(SSc3ccccn3)nc(SSc3ccccn3)n2)nc1. The summed E-state index contributed by atoms with van der Waals surface area (Å²) in [5.74, 6) is 0. The van der Waals surface area contributed by atoms with Gasteiger partial charge in [0.1, 0.15) is 15.1 Å². The Morgan fingerprint density at radius 3 is 1.00 bits per heavy atom. The second kappa shape index (κ2) is 11.8. The van der Waals surface area contributed by atoms with Crippen molar-refractivity contribution in [1.82, 2.24) is 29.9 Å². The predicted molar refractivity (Wildman–Crippen MR) is 128 cm³/mol. The average molecular weight is 505 g/mol. The number of hydrogen-bond donors (Lipinski definition) is 0. The Morgan fingerprint density at radius 1 is 0.400 bits per heavy atom. The summed E-state index contributed by atoms with van der Waals surface area (Å²) in [6, 6.07) is 17.4. The zero-order valence-electron chi connectivity index (χ0n) is 15.1. The first-order chi connectivity index (χ1) is 14.8. The van der Waals surface area contributed by atoms with Gasteiger partial charge in [-0.2, -0.15) is 15.0 Å². The molecule has 0 fully saturated rings. The van der Waals surface area contributed by atoms with E-state index in [9.17, 15) is 0 Å². The molecule has 150 valence electrons. The highest BCUT2D eigenvalue weighted by molar-refractivity contribution is 8.77. The Labute approximate surface area is 197 Å². The molecule has 0 bridgehead atoms. The minimum Gasteiger partial charge on any atom is -0.249 e. The highest BCUT2D eigenvalue weighted by Crippen LogP contribution is 2.40. The molecule has 0 aliphatic rings. The van der Waals surface area contributed by atoms with Crippen molar-refractivity contribution in [2.45, 2.75) is 30.5 Å². The number of pyridine rings is 3. The summed E-state index contributed by atoms with van der Waals surface area (Å²) in [4.78, 5) is 26.7. The molecule has 6 nitrogen and oxygen atoms in total. The summed E-state index contributed by atoms with van der Waals surface area (Å²) in [5.41, 5.74) is 0. The van der Waals surface area contributed by atoms with Crippen molar-refractivity contribution < 1.29 is 0 Å². The zero-order valence-corrected chi connectivity index (χ0v) is 20.0. The van der Waals surface area contributed by atoms with Crippen molar-refractivity contribution in [3.05, 3.63) is 73.2 Å². The minimum atomic E-state index is 0.633. The van der Waals surface area contributed by atoms with E-state index in [2.05, 4.69) is 29.9 Å². The van der Waals surface area contributed by atoms with Gasteiger partial charge in [0.2, 0.25) is 15.5 Å². The van der Waals surface area contributed by atoms with Crippen LogP contribution < -0.4 is 0 Å². The quantitative estimate of drug-likeness (QED) is 0.235. The number of rotatable bonds is 9. The summed E-state index contributed by atoms with van der Waals surface area (Å²) < 4.78 is 0. The standard InChI is InChI=1S/C18H12N6S6/c1-4-10-19-13(7-1)25-28-16-22-17(29-26-14-8-2-5-11-20-14)24-18(23-16)30-27-15-9-3-6-12-21-15/h1-12H. The van der Waals surface area contributed by atoms with Crippen molar-refractivity contribution >= 4 is 64.8 Å². The molecule has 12 heteroatoms. The van der Waals surface area contributed by atoms with Gasteiger partial charge in [0.15, 0.2) is 0 Å². The third kappa shape index (κ3) is 7.06. The molecule has 0 aliphatic heterocycles. The molecule has 0 saturated carbocycles. The Morgan fingerprint density at radius 2 is 0.733 bits per heavy atom. The summed E-state index contributed by atoms with van der Waals surface area (Å²) in [6.07, 6.45) is 5.31. The highest BCUT2D eigenvalue weighted by Gasteiger charge is 2.12. The van der Waals surface area contributed by atoms with Gasteiger partial charge in [-0.05, 0) is 101 Å². The molecule has 4 aromatic rings. The lowest BCUT2D eigenvalue weighted by Crippen LogP contribution is -1.95. The van der Waals surface area contributed by atoms with E-state index in [1.165, 1.54) is 64.8 Å². The van der Waals surface area contributed by atoms with Crippen LogP contribution in [0.4, 0.5) is 0 Å². The fraction of sp³-hybridized carbons (Fsp3) is 0. The van der Waals surface area contributed by atoms with Gasteiger partial charge in [-0.15, -0.1) is 0 Å². The highest BCUT2D eigenvalue weighted by atomic mass is 33.1. The van der Waals surface area contributed by atoms with E-state index in [4.69, 9.17) is 0 Å². The third-order valence-electron chi connectivity index (χ3n) is 3.09. The number of hydrogen-bond acceptors (Lipinski definition) is 12. The molecule has 0 aromatic carbocycles. The molecule has 0 unspecified atom stereocenters. The third-order valence-corrected chi connectivity index (χ3v) is 9.20. The zero-order chi connectivity index (χ0) is 20.4. The average Bonchev–Trinajstić information content (AvgIpc) is 2.82. The van der Waals surface area contributed by atoms with Gasteiger partial charge in [0.05, 0.1) is 0 Å². The lowest BCUT2D eigenvalue weighted by molar-refractivity contribution is 0.723. The normalized spacial score (nSPS) is 10.8. The first kappa shape index (κ1) is 21.8. The van der Waals surface area contributed by atoms with Gasteiger partial charge >= 0.3 is 0 Å². The molecular formula is C18H12N6S6. The largest absolute Gasteiger partial charge is 0.249 e. The topological polar surface area (TPSA) is 77.3 Å². The Hall–Kier alpha value is -1.44. The van der Waals surface area contributed by atoms with Crippen LogP contribution in [0.5, 0.6) is 0 Å². The molecule has 0 N–H and O–H groups in total. The van der Waals surface area contributed by atoms with Crippen LogP contribution in [-0.4, -0.2) is 29.9 Å². The molecule has 0 radical (unpaired) electrons. The van der Waals surface area contributed by atoms with Crippen LogP contribution in [0.25, 0.3) is 0 Å². The summed E-state index contributed by atoms with van der Waals surface area (Å²) in [6.45, 7) is 0. The maximum absolute atomic E-state index is 4.59. The first-order valence-electron chi connectivity index (χ1n) is 8.38. The molecule has 30 heavy (non-hydrogen) atoms. The Kier molecular flexibility index (Phi) is 8.58. The maximum Gasteiger partial charge on any atom is 0.203 e. The molecular weight excluding hydrogens is 493 g/mol. The summed E-state index contributed by atoms with van der Waals surface area (Å²) >= 11 is 0. The molecule has 4 rings (SSSR count). The Balaban J connectivity index is 1.48. The fourth-order valence-corrected chi connectivity index (χ4v) is 6.97. The summed E-state index contributed by atoms with van der Waals surface area (Å²) in [7, 11) is 8.93. The van der Waals surface area contributed by atoms with Gasteiger partial charge in [-0.25, -0.2) is 15.0 Å². The van der Waals surface area contributed by atoms with E-state index in [-0.39, 0.29) is 0 Å². The lowest BCUT2D eigenvalue weighted by Gasteiger charge is -2.05. The van der Waals surface area contributed by atoms with Gasteiger partial charge in [-0.3, -0.25) is 0 Å². The predicted octanol–water partition coefficient (Wildman–Crippen LogP) is 6.45. The molecule has 0 atom stereocenters. The molecule has 0 amide bonds. The van der Waals surface area contributed by atoms with Gasteiger partial charge in [0, 0.05) is 18.6 Å². The van der Waals surface area contributed by atoms with Crippen LogP contribution in [-0.2, 0) is 0 Å². The van der Waals surface area contributed by atoms with E-state index < -0.39 is 0 Å². The van der Waals surface area contributed by atoms with Crippen molar-refractivity contribution in [1.29, 1.82) is 0 Å². The van der Waals surface area contributed by atoms with Crippen molar-refractivity contribution in [3.63, 3.8) is 0 Å². The molecule has 0 spiro atoms. The molecule has 4 heterocycles. The van der Waals surface area contributed by atoms with Crippen LogP contribution in [0, 0.1) is 0 Å². The van der Waals surface area contributed by atoms with Crippen molar-refractivity contribution in [3.8, 4) is 0 Å². The smallest absolute Gasteiger partial charge is 0.203 e. The van der Waals surface area contributed by atoms with Crippen LogP contribution in [0.15, 0.2) is 104 Å². The minimum absolute atomic E-state index is 0.633. The molecule has 0 saturated heterocycles.